The molecule has 0 atom stereocenters. The Morgan fingerprint density at radius 1 is 1.21 bits per heavy atom. The van der Waals surface area contributed by atoms with Crippen molar-refractivity contribution in [2.24, 2.45) is 0 Å². The van der Waals surface area contributed by atoms with Crippen molar-refractivity contribution in [2.75, 3.05) is 44.4 Å². The Bertz CT molecular complexity index is 1530. The number of amides is 1. The van der Waals surface area contributed by atoms with Crippen molar-refractivity contribution in [1.29, 1.82) is 5.26 Å². The number of pyridine rings is 1. The molecule has 4 heterocycles. The average Bonchev–Trinajstić information content (AvgIpc) is 3.40. The van der Waals surface area contributed by atoms with Gasteiger partial charge in [0.2, 0.25) is 6.79 Å². The van der Waals surface area contributed by atoms with Crippen LogP contribution in [0.15, 0.2) is 59.6 Å². The molecule has 0 aliphatic carbocycles. The number of fused-ring (bicyclic) bond motifs is 2. The van der Waals surface area contributed by atoms with Crippen LogP contribution in [0.1, 0.15) is 16.7 Å². The fourth-order valence-electron chi connectivity index (χ4n) is 4.64. The number of nitrogens with one attached hydrogen (secondary N) is 1. The lowest BCUT2D eigenvalue weighted by Gasteiger charge is -2.36. The predicted molar refractivity (Wildman–Crippen MR) is 143 cm³/mol. The second-order valence-corrected chi connectivity index (χ2v) is 9.16. The van der Waals surface area contributed by atoms with E-state index in [4.69, 9.17) is 14.5 Å². The first-order valence-electron chi connectivity index (χ1n) is 12.4. The van der Waals surface area contributed by atoms with Gasteiger partial charge in [-0.05, 0) is 42.3 Å². The Morgan fingerprint density at radius 2 is 2.00 bits per heavy atom. The summed E-state index contributed by atoms with van der Waals surface area (Å²) in [5.74, 6) is 1.43. The SMILES string of the molecule is C=CCNC(=O)C(C#N)=Cc1c(N2CCN(Cc3ccc4c(c3)OCO4)CC2)nc2c(C)cccn2c1=O. The summed E-state index contributed by atoms with van der Waals surface area (Å²) in [6, 6.07) is 11.6. The van der Waals surface area contributed by atoms with Gasteiger partial charge in [-0.1, -0.05) is 18.2 Å². The van der Waals surface area contributed by atoms with Crippen molar-refractivity contribution in [3.8, 4) is 17.6 Å². The van der Waals surface area contributed by atoms with Gasteiger partial charge in [-0.3, -0.25) is 18.9 Å². The molecule has 10 nitrogen and oxygen atoms in total. The smallest absolute Gasteiger partial charge is 0.267 e. The predicted octanol–water partition coefficient (Wildman–Crippen LogP) is 2.26. The largest absolute Gasteiger partial charge is 0.454 e. The molecule has 5 rings (SSSR count). The van der Waals surface area contributed by atoms with E-state index in [1.807, 2.05) is 42.2 Å². The molecule has 38 heavy (non-hydrogen) atoms. The third kappa shape index (κ3) is 4.96. The van der Waals surface area contributed by atoms with Gasteiger partial charge in [0.15, 0.2) is 11.5 Å². The van der Waals surface area contributed by atoms with E-state index in [-0.39, 0.29) is 30.0 Å². The van der Waals surface area contributed by atoms with Crippen molar-refractivity contribution < 1.29 is 14.3 Å². The zero-order chi connectivity index (χ0) is 26.6. The van der Waals surface area contributed by atoms with Gasteiger partial charge in [-0.25, -0.2) is 4.98 Å². The van der Waals surface area contributed by atoms with Crippen molar-refractivity contribution in [3.63, 3.8) is 0 Å². The van der Waals surface area contributed by atoms with Crippen LogP contribution in [0.4, 0.5) is 5.82 Å². The maximum absolute atomic E-state index is 13.6. The molecule has 0 unspecified atom stereocenters. The van der Waals surface area contributed by atoms with Crippen LogP contribution in [-0.2, 0) is 11.3 Å². The highest BCUT2D eigenvalue weighted by Crippen LogP contribution is 2.33. The minimum atomic E-state index is -0.569. The van der Waals surface area contributed by atoms with Gasteiger partial charge in [0, 0.05) is 45.5 Å². The maximum atomic E-state index is 13.6. The van der Waals surface area contributed by atoms with Gasteiger partial charge in [-0.15, -0.1) is 6.58 Å². The van der Waals surface area contributed by atoms with Crippen molar-refractivity contribution >= 4 is 23.4 Å². The average molecular weight is 513 g/mol. The van der Waals surface area contributed by atoms with E-state index in [2.05, 4.69) is 16.8 Å². The lowest BCUT2D eigenvalue weighted by Crippen LogP contribution is -2.47. The standard InChI is InChI=1S/C28H28N6O4/c1-3-8-30-27(35)21(16-29)15-22-26(31-25-19(2)5-4-9-34(25)28(22)36)33-12-10-32(11-13-33)17-20-6-7-23-24(14-20)38-18-37-23/h3-7,9,14-15H,1,8,10-13,17-18H2,2H3,(H,30,35). The second-order valence-electron chi connectivity index (χ2n) is 9.16. The van der Waals surface area contributed by atoms with Crippen LogP contribution in [0, 0.1) is 18.3 Å². The molecule has 2 aliphatic heterocycles. The molecular formula is C28H28N6O4. The number of anilines is 1. The summed E-state index contributed by atoms with van der Waals surface area (Å²) in [5, 5.41) is 12.3. The molecule has 1 aromatic carbocycles. The summed E-state index contributed by atoms with van der Waals surface area (Å²) in [6.07, 6.45) is 4.51. The topological polar surface area (TPSA) is 112 Å². The Hall–Kier alpha value is -4.62. The van der Waals surface area contributed by atoms with Crippen molar-refractivity contribution in [2.45, 2.75) is 13.5 Å². The molecule has 3 aromatic rings. The van der Waals surface area contributed by atoms with Gasteiger partial charge in [-0.2, -0.15) is 5.26 Å². The van der Waals surface area contributed by atoms with E-state index in [9.17, 15) is 14.9 Å². The van der Waals surface area contributed by atoms with Gasteiger partial charge < -0.3 is 19.7 Å². The van der Waals surface area contributed by atoms with Crippen molar-refractivity contribution in [3.05, 3.63) is 81.8 Å². The minimum Gasteiger partial charge on any atom is -0.454 e. The lowest BCUT2D eigenvalue weighted by molar-refractivity contribution is -0.116. The molecule has 1 amide bonds. The zero-order valence-electron chi connectivity index (χ0n) is 21.1. The number of piperazine rings is 1. The monoisotopic (exact) mass is 512 g/mol. The van der Waals surface area contributed by atoms with Crippen LogP contribution in [0.5, 0.6) is 11.5 Å². The molecular weight excluding hydrogens is 484 g/mol. The first-order valence-corrected chi connectivity index (χ1v) is 12.4. The van der Waals surface area contributed by atoms with E-state index in [1.54, 1.807) is 12.3 Å². The molecule has 2 aliphatic rings. The number of hydrogen-bond acceptors (Lipinski definition) is 8. The summed E-state index contributed by atoms with van der Waals surface area (Å²) in [4.78, 5) is 35.3. The van der Waals surface area contributed by atoms with Crippen LogP contribution >= 0.6 is 0 Å². The second kappa shape index (κ2) is 10.8. The van der Waals surface area contributed by atoms with E-state index in [0.29, 0.717) is 24.6 Å². The fraction of sp³-hybridized carbons (Fsp3) is 0.286. The van der Waals surface area contributed by atoms with Crippen LogP contribution in [0.2, 0.25) is 0 Å². The molecule has 0 bridgehead atoms. The van der Waals surface area contributed by atoms with Crippen molar-refractivity contribution in [1.82, 2.24) is 19.6 Å². The van der Waals surface area contributed by atoms with Gasteiger partial charge in [0.25, 0.3) is 11.5 Å². The Balaban J connectivity index is 1.44. The molecule has 0 spiro atoms. The first kappa shape index (κ1) is 25.0. The van der Waals surface area contributed by atoms with E-state index < -0.39 is 5.91 Å². The Kier molecular flexibility index (Phi) is 7.11. The molecule has 194 valence electrons. The number of nitriles is 1. The molecule has 10 heteroatoms. The zero-order valence-corrected chi connectivity index (χ0v) is 21.1. The van der Waals surface area contributed by atoms with Gasteiger partial charge in [0.1, 0.15) is 23.1 Å². The summed E-state index contributed by atoms with van der Waals surface area (Å²) in [5.41, 5.74) is 2.24. The third-order valence-electron chi connectivity index (χ3n) is 6.64. The van der Waals surface area contributed by atoms with Gasteiger partial charge in [0.05, 0.1) is 5.56 Å². The lowest BCUT2D eigenvalue weighted by atomic mass is 10.1. The Labute approximate surface area is 220 Å². The number of hydrogen-bond donors (Lipinski definition) is 1. The van der Waals surface area contributed by atoms with E-state index in [0.717, 1.165) is 42.3 Å². The summed E-state index contributed by atoms with van der Waals surface area (Å²) < 4.78 is 12.4. The molecule has 1 fully saturated rings. The van der Waals surface area contributed by atoms with Crippen LogP contribution < -0.4 is 25.2 Å². The highest BCUT2D eigenvalue weighted by Gasteiger charge is 2.24. The molecule has 1 saturated heterocycles. The highest BCUT2D eigenvalue weighted by molar-refractivity contribution is 6.02. The van der Waals surface area contributed by atoms with Crippen LogP contribution in [0.3, 0.4) is 0 Å². The third-order valence-corrected chi connectivity index (χ3v) is 6.64. The number of benzene rings is 1. The molecule has 0 saturated carbocycles. The molecule has 0 radical (unpaired) electrons. The highest BCUT2D eigenvalue weighted by atomic mass is 16.7. The Morgan fingerprint density at radius 3 is 2.76 bits per heavy atom. The number of carbonyl (C=O) groups is 1. The molecule has 1 N–H and O–H groups in total. The summed E-state index contributed by atoms with van der Waals surface area (Å²) in [7, 11) is 0. The first-order chi connectivity index (χ1) is 18.5. The summed E-state index contributed by atoms with van der Waals surface area (Å²) in [6.45, 7) is 9.44. The maximum Gasteiger partial charge on any atom is 0.267 e. The number of carbonyl (C=O) groups excluding carboxylic acids is 1. The number of aryl methyl sites for hydroxylation is 1. The van der Waals surface area contributed by atoms with E-state index in [1.165, 1.54) is 16.6 Å². The minimum absolute atomic E-state index is 0.166. The number of ether oxygens (including phenoxy) is 2. The van der Waals surface area contributed by atoms with Crippen LogP contribution in [-0.4, -0.2) is 59.7 Å². The fourth-order valence-corrected chi connectivity index (χ4v) is 4.64. The number of nitrogens with zero attached hydrogens (tertiary/aromatic N) is 5. The normalized spacial score (nSPS) is 15.4. The summed E-state index contributed by atoms with van der Waals surface area (Å²) >= 11 is 0. The number of rotatable bonds is 7. The molecule has 2 aromatic heterocycles. The number of aromatic nitrogens is 2. The van der Waals surface area contributed by atoms with Gasteiger partial charge >= 0.3 is 0 Å². The van der Waals surface area contributed by atoms with Crippen LogP contribution in [0.25, 0.3) is 11.7 Å². The van der Waals surface area contributed by atoms with E-state index >= 15 is 0 Å². The quantitative estimate of drug-likeness (QED) is 0.292.